The van der Waals surface area contributed by atoms with Crippen LogP contribution in [-0.2, 0) is 11.8 Å². The molecule has 1 fully saturated rings. The number of halogens is 2. The number of rotatable bonds is 6. The fourth-order valence-corrected chi connectivity index (χ4v) is 4.74. The number of nitrogens with one attached hydrogen (secondary N) is 1. The third kappa shape index (κ3) is 4.33. The summed E-state index contributed by atoms with van der Waals surface area (Å²) >= 11 is 6.49. The third-order valence-electron chi connectivity index (χ3n) is 6.30. The number of aryl methyl sites for hydroxylation is 1. The van der Waals surface area contributed by atoms with Gasteiger partial charge in [-0.2, -0.15) is 0 Å². The maximum atomic E-state index is 14.8. The van der Waals surface area contributed by atoms with Crippen molar-refractivity contribution in [3.8, 4) is 33.7 Å². The highest BCUT2D eigenvalue weighted by Crippen LogP contribution is 2.41. The van der Waals surface area contributed by atoms with Gasteiger partial charge in [0.25, 0.3) is 0 Å². The van der Waals surface area contributed by atoms with Crippen molar-refractivity contribution in [2.75, 3.05) is 23.3 Å². The van der Waals surface area contributed by atoms with Gasteiger partial charge in [0.05, 0.1) is 10.7 Å². The van der Waals surface area contributed by atoms with E-state index < -0.39 is 5.82 Å². The van der Waals surface area contributed by atoms with Crippen LogP contribution in [0.4, 0.5) is 16.0 Å². The molecule has 4 aromatic rings. The zero-order chi connectivity index (χ0) is 25.4. The first-order valence-electron chi connectivity index (χ1n) is 11.4. The van der Waals surface area contributed by atoms with Crippen LogP contribution >= 0.6 is 11.6 Å². The maximum absolute atomic E-state index is 14.8. The molecule has 184 valence electrons. The SMILES string of the molecule is Cn1ccn(-c2ccc(-c3cc(F)cc(-c4cc(NC=O)nc(N5CCCC5)c4)c3O)cc2Cl)c1=O. The lowest BCUT2D eigenvalue weighted by atomic mass is 9.97. The predicted molar refractivity (Wildman–Crippen MR) is 137 cm³/mol. The molecule has 0 unspecified atom stereocenters. The zero-order valence-corrected chi connectivity index (χ0v) is 20.2. The highest BCUT2D eigenvalue weighted by atomic mass is 35.5. The number of aromatic nitrogens is 3. The number of aromatic hydroxyl groups is 1. The summed E-state index contributed by atoms with van der Waals surface area (Å²) in [7, 11) is 1.64. The number of hydrogen-bond donors (Lipinski definition) is 2. The van der Waals surface area contributed by atoms with Gasteiger partial charge in [-0.05, 0) is 60.4 Å². The number of nitrogens with zero attached hydrogens (tertiary/aromatic N) is 4. The van der Waals surface area contributed by atoms with Gasteiger partial charge in [-0.1, -0.05) is 17.7 Å². The lowest BCUT2D eigenvalue weighted by Gasteiger charge is -2.19. The van der Waals surface area contributed by atoms with Crippen LogP contribution in [0.2, 0.25) is 5.02 Å². The van der Waals surface area contributed by atoms with Crippen molar-refractivity contribution >= 4 is 29.6 Å². The molecule has 0 radical (unpaired) electrons. The molecule has 2 aromatic heterocycles. The first-order valence-corrected chi connectivity index (χ1v) is 11.8. The lowest BCUT2D eigenvalue weighted by Crippen LogP contribution is -2.20. The van der Waals surface area contributed by atoms with Crippen LogP contribution in [0.15, 0.2) is 59.7 Å². The summed E-state index contributed by atoms with van der Waals surface area (Å²) in [5.74, 6) is 0.241. The quantitative estimate of drug-likeness (QED) is 0.373. The number of anilines is 2. The van der Waals surface area contributed by atoms with E-state index >= 15 is 0 Å². The average Bonchev–Trinajstić information content (AvgIpc) is 3.51. The van der Waals surface area contributed by atoms with Crippen LogP contribution in [-0.4, -0.2) is 38.7 Å². The third-order valence-corrected chi connectivity index (χ3v) is 6.60. The Labute approximate surface area is 211 Å². The van der Waals surface area contributed by atoms with E-state index in [2.05, 4.69) is 15.2 Å². The van der Waals surface area contributed by atoms with E-state index in [0.29, 0.717) is 34.9 Å². The Hall–Kier alpha value is -4.11. The van der Waals surface area contributed by atoms with Gasteiger partial charge in [-0.25, -0.2) is 14.2 Å². The number of benzene rings is 2. The molecule has 1 saturated heterocycles. The number of phenols is 1. The maximum Gasteiger partial charge on any atom is 0.332 e. The molecule has 0 atom stereocenters. The van der Waals surface area contributed by atoms with Crippen LogP contribution in [0.1, 0.15) is 12.8 Å². The Morgan fingerprint density at radius 3 is 2.42 bits per heavy atom. The summed E-state index contributed by atoms with van der Waals surface area (Å²) in [6.07, 6.45) is 5.81. The van der Waals surface area contributed by atoms with E-state index in [-0.39, 0.29) is 27.6 Å². The molecular weight excluding hydrogens is 485 g/mol. The summed E-state index contributed by atoms with van der Waals surface area (Å²) < 4.78 is 17.7. The molecule has 2 N–H and O–H groups in total. The van der Waals surface area contributed by atoms with E-state index in [1.807, 2.05) is 0 Å². The molecule has 0 saturated carbocycles. The molecule has 5 rings (SSSR count). The zero-order valence-electron chi connectivity index (χ0n) is 19.4. The summed E-state index contributed by atoms with van der Waals surface area (Å²) in [5, 5.41) is 14.1. The van der Waals surface area contributed by atoms with E-state index in [1.165, 1.54) is 21.3 Å². The molecule has 36 heavy (non-hydrogen) atoms. The topological polar surface area (TPSA) is 92.4 Å². The number of carbonyl (C=O) groups is 1. The van der Waals surface area contributed by atoms with Crippen molar-refractivity contribution in [2.24, 2.45) is 7.05 Å². The molecule has 1 aliphatic heterocycles. The molecule has 2 aromatic carbocycles. The first kappa shape index (κ1) is 23.6. The molecule has 0 spiro atoms. The van der Waals surface area contributed by atoms with Crippen molar-refractivity contribution in [1.82, 2.24) is 14.1 Å². The number of carbonyl (C=O) groups excluding carboxylic acids is 1. The second-order valence-electron chi connectivity index (χ2n) is 8.63. The Kier molecular flexibility index (Phi) is 6.24. The van der Waals surface area contributed by atoms with Gasteiger partial charge in [0.15, 0.2) is 0 Å². The minimum atomic E-state index is -0.554. The molecule has 0 bridgehead atoms. The number of pyridine rings is 1. The monoisotopic (exact) mass is 507 g/mol. The number of phenolic OH excluding ortho intramolecular Hbond substituents is 1. The fraction of sp³-hybridized carbons (Fsp3) is 0.192. The van der Waals surface area contributed by atoms with E-state index in [4.69, 9.17) is 11.6 Å². The Bertz CT molecular complexity index is 1520. The van der Waals surface area contributed by atoms with Crippen LogP contribution in [0.3, 0.4) is 0 Å². The molecule has 3 heterocycles. The van der Waals surface area contributed by atoms with Gasteiger partial charge in [-0.3, -0.25) is 9.36 Å². The van der Waals surface area contributed by atoms with Gasteiger partial charge < -0.3 is 19.9 Å². The van der Waals surface area contributed by atoms with Gasteiger partial charge in [0.2, 0.25) is 6.41 Å². The first-order chi connectivity index (χ1) is 17.4. The van der Waals surface area contributed by atoms with Crippen LogP contribution in [0.25, 0.3) is 27.9 Å². The second-order valence-corrected chi connectivity index (χ2v) is 9.04. The van der Waals surface area contributed by atoms with Crippen molar-refractivity contribution in [3.05, 3.63) is 76.2 Å². The Morgan fingerprint density at radius 1 is 1.06 bits per heavy atom. The summed E-state index contributed by atoms with van der Waals surface area (Å²) in [4.78, 5) is 30.0. The average molecular weight is 508 g/mol. The summed E-state index contributed by atoms with van der Waals surface area (Å²) in [6.45, 7) is 1.65. The minimum Gasteiger partial charge on any atom is -0.507 e. The second kappa shape index (κ2) is 9.50. The Morgan fingerprint density at radius 2 is 1.78 bits per heavy atom. The number of amides is 1. The smallest absolute Gasteiger partial charge is 0.332 e. The van der Waals surface area contributed by atoms with Crippen molar-refractivity contribution in [3.63, 3.8) is 0 Å². The molecule has 10 heteroatoms. The molecule has 0 aliphatic carbocycles. The predicted octanol–water partition coefficient (Wildman–Crippen LogP) is 4.57. The number of imidazole rings is 1. The highest BCUT2D eigenvalue weighted by Gasteiger charge is 2.20. The van der Waals surface area contributed by atoms with E-state index in [9.17, 15) is 19.1 Å². The normalized spacial score (nSPS) is 13.2. The van der Waals surface area contributed by atoms with E-state index in [1.54, 1.807) is 49.8 Å². The Balaban J connectivity index is 1.60. The largest absolute Gasteiger partial charge is 0.507 e. The molecule has 1 aliphatic rings. The summed E-state index contributed by atoms with van der Waals surface area (Å²) in [5.41, 5.74) is 1.69. The minimum absolute atomic E-state index is 0.146. The van der Waals surface area contributed by atoms with Gasteiger partial charge >= 0.3 is 5.69 Å². The van der Waals surface area contributed by atoms with Crippen molar-refractivity contribution in [1.29, 1.82) is 0 Å². The van der Waals surface area contributed by atoms with Crippen LogP contribution < -0.4 is 15.9 Å². The molecular formula is C26H23ClFN5O3. The number of hydrogen-bond acceptors (Lipinski definition) is 5. The van der Waals surface area contributed by atoms with Gasteiger partial charge in [0.1, 0.15) is 23.2 Å². The fourth-order valence-electron chi connectivity index (χ4n) is 4.47. The van der Waals surface area contributed by atoms with Crippen LogP contribution in [0.5, 0.6) is 5.75 Å². The van der Waals surface area contributed by atoms with E-state index in [0.717, 1.165) is 25.9 Å². The lowest BCUT2D eigenvalue weighted by molar-refractivity contribution is -0.105. The summed E-state index contributed by atoms with van der Waals surface area (Å²) in [6, 6.07) is 10.7. The van der Waals surface area contributed by atoms with Gasteiger partial charge in [0, 0.05) is 43.7 Å². The standard InChI is InChI=1S/C26H23ClFN5O3/c1-31-8-9-33(26(31)36)22-5-4-16(10-21(22)27)19-13-18(28)14-20(25(19)35)17-11-23(29-15-34)30-24(12-17)32-6-2-3-7-32/h4-5,8-15,35H,2-3,6-7H2,1H3,(H,29,30,34). The van der Waals surface area contributed by atoms with Crippen LogP contribution in [0, 0.1) is 5.82 Å². The van der Waals surface area contributed by atoms with Crippen molar-refractivity contribution < 1.29 is 14.3 Å². The molecule has 1 amide bonds. The highest BCUT2D eigenvalue weighted by molar-refractivity contribution is 6.32. The molecule has 8 nitrogen and oxygen atoms in total. The van der Waals surface area contributed by atoms with Gasteiger partial charge in [-0.15, -0.1) is 0 Å². The van der Waals surface area contributed by atoms with Crippen molar-refractivity contribution in [2.45, 2.75) is 12.8 Å².